The Morgan fingerprint density at radius 3 is 3.00 bits per heavy atom. The Balaban J connectivity index is 1.62. The summed E-state index contributed by atoms with van der Waals surface area (Å²) in [6.07, 6.45) is 3.60. The van der Waals surface area contributed by atoms with Crippen molar-refractivity contribution in [3.8, 4) is 5.75 Å². The maximum absolute atomic E-state index is 11.0. The van der Waals surface area contributed by atoms with Crippen molar-refractivity contribution in [1.82, 2.24) is 15.3 Å². The fourth-order valence-electron chi connectivity index (χ4n) is 2.62. The molecule has 0 radical (unpaired) electrons. The second-order valence-electron chi connectivity index (χ2n) is 5.71. The Morgan fingerprint density at radius 1 is 1.38 bits per heavy atom. The number of aromatic amines is 1. The third-order valence-corrected chi connectivity index (χ3v) is 4.62. The molecule has 2 heterocycles. The summed E-state index contributed by atoms with van der Waals surface area (Å²) in [5, 5.41) is 7.13. The molecule has 0 bridgehead atoms. The van der Waals surface area contributed by atoms with Gasteiger partial charge in [-0.25, -0.2) is 4.98 Å². The van der Waals surface area contributed by atoms with Crippen molar-refractivity contribution < 1.29 is 9.53 Å². The molecule has 3 rings (SSSR count). The molecule has 5 nitrogen and oxygen atoms in total. The van der Waals surface area contributed by atoms with Crippen molar-refractivity contribution in [2.45, 2.75) is 26.7 Å². The molecular weight excluding hydrogens is 322 g/mol. The number of carbonyl (C=O) groups is 1. The van der Waals surface area contributed by atoms with Crippen LogP contribution in [0, 0.1) is 6.92 Å². The number of hydrogen-bond acceptors (Lipinski definition) is 4. The highest BCUT2D eigenvalue weighted by molar-refractivity contribution is 7.09. The molecular formula is C18H21N3O2S. The Kier molecular flexibility index (Phi) is 5.15. The minimum absolute atomic E-state index is 0.00357. The van der Waals surface area contributed by atoms with Gasteiger partial charge in [0, 0.05) is 42.4 Å². The van der Waals surface area contributed by atoms with E-state index in [1.54, 1.807) is 11.3 Å². The van der Waals surface area contributed by atoms with Crippen LogP contribution in [0.3, 0.4) is 0 Å². The number of fused-ring (bicyclic) bond motifs is 1. The van der Waals surface area contributed by atoms with Gasteiger partial charge in [-0.1, -0.05) is 0 Å². The summed E-state index contributed by atoms with van der Waals surface area (Å²) in [6, 6.07) is 6.06. The van der Waals surface area contributed by atoms with Crippen LogP contribution in [0.2, 0.25) is 0 Å². The highest BCUT2D eigenvalue weighted by Gasteiger charge is 2.06. The first-order valence-electron chi connectivity index (χ1n) is 8.00. The fraction of sp³-hybridized carbons (Fsp3) is 0.333. The fourth-order valence-corrected chi connectivity index (χ4v) is 3.27. The van der Waals surface area contributed by atoms with Gasteiger partial charge in [0.2, 0.25) is 5.91 Å². The zero-order valence-corrected chi connectivity index (χ0v) is 14.7. The Hall–Kier alpha value is -2.34. The second kappa shape index (κ2) is 7.49. The largest absolute Gasteiger partial charge is 0.493 e. The smallest absolute Gasteiger partial charge is 0.216 e. The Morgan fingerprint density at radius 2 is 2.25 bits per heavy atom. The Labute approximate surface area is 145 Å². The van der Waals surface area contributed by atoms with Gasteiger partial charge in [-0.05, 0) is 37.1 Å². The summed E-state index contributed by atoms with van der Waals surface area (Å²) in [7, 11) is 0. The molecule has 3 aromatic rings. The first-order chi connectivity index (χ1) is 11.6. The number of carbonyl (C=O) groups excluding carboxylic acids is 1. The van der Waals surface area contributed by atoms with E-state index in [4.69, 9.17) is 4.74 Å². The van der Waals surface area contributed by atoms with Crippen molar-refractivity contribution in [3.05, 3.63) is 46.0 Å². The molecule has 0 aliphatic heterocycles. The number of rotatable bonds is 7. The van der Waals surface area contributed by atoms with E-state index in [1.165, 1.54) is 12.5 Å². The molecule has 2 aromatic heterocycles. The van der Waals surface area contributed by atoms with E-state index in [1.807, 2.05) is 25.3 Å². The number of hydrogen-bond donors (Lipinski definition) is 2. The number of thiazole rings is 1. The summed E-state index contributed by atoms with van der Waals surface area (Å²) in [4.78, 5) is 18.7. The van der Waals surface area contributed by atoms with Gasteiger partial charge in [0.15, 0.2) is 0 Å². The molecule has 1 aromatic carbocycles. The third-order valence-electron chi connectivity index (χ3n) is 3.80. The van der Waals surface area contributed by atoms with E-state index in [0.717, 1.165) is 40.2 Å². The number of nitrogens with zero attached hydrogens (tertiary/aromatic N) is 1. The quantitative estimate of drug-likeness (QED) is 0.692. The number of benzene rings is 1. The number of amides is 1. The average molecular weight is 343 g/mol. The van der Waals surface area contributed by atoms with Gasteiger partial charge in [-0.2, -0.15) is 0 Å². The monoisotopic (exact) mass is 343 g/mol. The summed E-state index contributed by atoms with van der Waals surface area (Å²) in [5.74, 6) is 0.853. The molecule has 0 fully saturated rings. The van der Waals surface area contributed by atoms with Gasteiger partial charge in [-0.3, -0.25) is 4.79 Å². The topological polar surface area (TPSA) is 67.0 Å². The van der Waals surface area contributed by atoms with E-state index in [0.29, 0.717) is 13.2 Å². The lowest BCUT2D eigenvalue weighted by Gasteiger charge is -2.06. The summed E-state index contributed by atoms with van der Waals surface area (Å²) in [5.41, 5.74) is 3.34. The van der Waals surface area contributed by atoms with Crippen LogP contribution in [-0.2, 0) is 17.6 Å². The minimum Gasteiger partial charge on any atom is -0.493 e. The van der Waals surface area contributed by atoms with Crippen molar-refractivity contribution in [1.29, 1.82) is 0 Å². The van der Waals surface area contributed by atoms with Gasteiger partial charge < -0.3 is 15.0 Å². The van der Waals surface area contributed by atoms with Crippen LogP contribution in [0.4, 0.5) is 0 Å². The van der Waals surface area contributed by atoms with E-state index < -0.39 is 0 Å². The first-order valence-corrected chi connectivity index (χ1v) is 8.88. The molecule has 0 saturated carbocycles. The van der Waals surface area contributed by atoms with Gasteiger partial charge in [0.25, 0.3) is 0 Å². The number of H-pyrrole nitrogens is 1. The molecule has 2 N–H and O–H groups in total. The predicted molar refractivity (Wildman–Crippen MR) is 96.7 cm³/mol. The molecule has 24 heavy (non-hydrogen) atoms. The highest BCUT2D eigenvalue weighted by Crippen LogP contribution is 2.24. The normalized spacial score (nSPS) is 10.9. The molecule has 0 spiro atoms. The maximum atomic E-state index is 11.0. The third kappa shape index (κ3) is 4.14. The molecule has 0 saturated heterocycles. The summed E-state index contributed by atoms with van der Waals surface area (Å²) >= 11 is 1.66. The molecule has 0 aliphatic rings. The van der Waals surface area contributed by atoms with Crippen LogP contribution in [0.15, 0.2) is 29.8 Å². The van der Waals surface area contributed by atoms with Crippen molar-refractivity contribution in [2.75, 3.05) is 13.2 Å². The molecule has 0 aliphatic carbocycles. The van der Waals surface area contributed by atoms with Crippen LogP contribution < -0.4 is 10.1 Å². The zero-order chi connectivity index (χ0) is 16.9. The average Bonchev–Trinajstić information content (AvgIpc) is 3.14. The highest BCUT2D eigenvalue weighted by atomic mass is 32.1. The summed E-state index contributed by atoms with van der Waals surface area (Å²) < 4.78 is 5.88. The van der Waals surface area contributed by atoms with Crippen LogP contribution >= 0.6 is 11.3 Å². The van der Waals surface area contributed by atoms with E-state index in [-0.39, 0.29) is 5.91 Å². The van der Waals surface area contributed by atoms with E-state index in [2.05, 4.69) is 26.7 Å². The Bertz CT molecular complexity index is 838. The van der Waals surface area contributed by atoms with Crippen molar-refractivity contribution in [2.24, 2.45) is 0 Å². The number of aromatic nitrogens is 2. The van der Waals surface area contributed by atoms with Crippen LogP contribution in [0.1, 0.15) is 23.2 Å². The standard InChI is InChI=1S/C18H21N3O2S/c1-12(22)19-7-5-14-10-20-18-4-3-16(9-17(14)18)23-8-6-15-11-24-13(2)21-15/h3-4,9-11,20H,5-8H2,1-2H3,(H,19,22). The lowest BCUT2D eigenvalue weighted by atomic mass is 10.1. The minimum atomic E-state index is -0.00357. The van der Waals surface area contributed by atoms with Gasteiger partial charge in [0.1, 0.15) is 5.75 Å². The van der Waals surface area contributed by atoms with Crippen molar-refractivity contribution in [3.63, 3.8) is 0 Å². The van der Waals surface area contributed by atoms with Crippen LogP contribution in [-0.4, -0.2) is 29.0 Å². The number of ether oxygens (including phenoxy) is 1. The molecule has 1 amide bonds. The maximum Gasteiger partial charge on any atom is 0.216 e. The predicted octanol–water partition coefficient (Wildman–Crippen LogP) is 3.23. The molecule has 0 atom stereocenters. The lowest BCUT2D eigenvalue weighted by Crippen LogP contribution is -2.22. The van der Waals surface area contributed by atoms with Crippen LogP contribution in [0.5, 0.6) is 5.75 Å². The second-order valence-corrected chi connectivity index (χ2v) is 6.77. The molecule has 0 unspecified atom stereocenters. The van der Waals surface area contributed by atoms with Gasteiger partial charge in [-0.15, -0.1) is 11.3 Å². The molecule has 6 heteroatoms. The number of nitrogens with one attached hydrogen (secondary N) is 2. The molecule has 126 valence electrons. The van der Waals surface area contributed by atoms with Crippen molar-refractivity contribution >= 4 is 28.1 Å². The van der Waals surface area contributed by atoms with Crippen LogP contribution in [0.25, 0.3) is 10.9 Å². The zero-order valence-electron chi connectivity index (χ0n) is 13.9. The first kappa shape index (κ1) is 16.5. The summed E-state index contributed by atoms with van der Waals surface area (Å²) in [6.45, 7) is 4.79. The van der Waals surface area contributed by atoms with E-state index >= 15 is 0 Å². The van der Waals surface area contributed by atoms with Gasteiger partial charge in [0.05, 0.1) is 17.3 Å². The SMILES string of the molecule is CC(=O)NCCc1c[nH]c2ccc(OCCc3csc(C)n3)cc12. The van der Waals surface area contributed by atoms with Gasteiger partial charge >= 0.3 is 0 Å². The lowest BCUT2D eigenvalue weighted by molar-refractivity contribution is -0.118. The van der Waals surface area contributed by atoms with E-state index in [9.17, 15) is 4.79 Å². The number of aryl methyl sites for hydroxylation is 1.